The first kappa shape index (κ1) is 16.5. The van der Waals surface area contributed by atoms with Crippen LogP contribution in [-0.2, 0) is 6.54 Å². The molecule has 0 bridgehead atoms. The number of aryl methyl sites for hydroxylation is 1. The third-order valence-corrected chi connectivity index (χ3v) is 3.42. The number of rotatable bonds is 7. The van der Waals surface area contributed by atoms with E-state index in [2.05, 4.69) is 0 Å². The molecular weight excluding hydrogens is 300 g/mol. The lowest BCUT2D eigenvalue weighted by Gasteiger charge is -2.10. The second-order valence-corrected chi connectivity index (χ2v) is 4.95. The van der Waals surface area contributed by atoms with E-state index in [0.717, 1.165) is 5.75 Å². The molecule has 0 aliphatic heterocycles. The normalized spacial score (nSPS) is 10.3. The minimum atomic E-state index is -0.661. The molecule has 7 heteroatoms. The fourth-order valence-electron chi connectivity index (χ4n) is 2.16. The summed E-state index contributed by atoms with van der Waals surface area (Å²) in [6.45, 7) is 2.51. The second-order valence-electron chi connectivity index (χ2n) is 4.95. The molecule has 2 rings (SSSR count). The maximum atomic E-state index is 12.0. The standard InChI is InChI=1S/C16H18N2O5/c1-12-4-9-15(18(20)21)16(19)17(12)10-3-11-23-14-7-5-13(22-2)6-8-14/h4-9H,3,10-11H2,1-2H3. The molecule has 0 spiro atoms. The van der Waals surface area contributed by atoms with Crippen LogP contribution in [0.3, 0.4) is 0 Å². The minimum Gasteiger partial charge on any atom is -0.497 e. The Labute approximate surface area is 133 Å². The van der Waals surface area contributed by atoms with Crippen molar-refractivity contribution in [3.8, 4) is 11.5 Å². The summed E-state index contributed by atoms with van der Waals surface area (Å²) in [5, 5.41) is 10.8. The van der Waals surface area contributed by atoms with E-state index in [9.17, 15) is 14.9 Å². The lowest BCUT2D eigenvalue weighted by atomic mass is 10.3. The molecule has 0 saturated carbocycles. The molecule has 122 valence electrons. The van der Waals surface area contributed by atoms with Crippen molar-refractivity contribution in [3.63, 3.8) is 0 Å². The average Bonchev–Trinajstić information content (AvgIpc) is 2.54. The minimum absolute atomic E-state index is 0.364. The third kappa shape index (κ3) is 4.09. The molecule has 1 aromatic heterocycles. The van der Waals surface area contributed by atoms with Gasteiger partial charge in [-0.15, -0.1) is 0 Å². The molecule has 0 N–H and O–H groups in total. The highest BCUT2D eigenvalue weighted by Gasteiger charge is 2.15. The van der Waals surface area contributed by atoms with Crippen molar-refractivity contribution >= 4 is 5.69 Å². The molecule has 0 fully saturated rings. The summed E-state index contributed by atoms with van der Waals surface area (Å²) >= 11 is 0. The Balaban J connectivity index is 1.94. The van der Waals surface area contributed by atoms with Crippen LogP contribution in [0.2, 0.25) is 0 Å². The van der Waals surface area contributed by atoms with Crippen molar-refractivity contribution < 1.29 is 14.4 Å². The molecule has 0 aliphatic carbocycles. The van der Waals surface area contributed by atoms with Crippen molar-refractivity contribution in [1.82, 2.24) is 4.57 Å². The fourth-order valence-corrected chi connectivity index (χ4v) is 2.16. The van der Waals surface area contributed by atoms with E-state index in [4.69, 9.17) is 9.47 Å². The number of hydrogen-bond acceptors (Lipinski definition) is 5. The molecule has 0 amide bonds. The van der Waals surface area contributed by atoms with Crippen LogP contribution in [0.1, 0.15) is 12.1 Å². The summed E-state index contributed by atoms with van der Waals surface area (Å²) in [7, 11) is 1.59. The number of methoxy groups -OCH3 is 1. The van der Waals surface area contributed by atoms with Crippen molar-refractivity contribution in [2.75, 3.05) is 13.7 Å². The predicted molar refractivity (Wildman–Crippen MR) is 85.2 cm³/mol. The van der Waals surface area contributed by atoms with Crippen molar-refractivity contribution in [3.05, 3.63) is 62.6 Å². The Morgan fingerprint density at radius 1 is 1.13 bits per heavy atom. The van der Waals surface area contributed by atoms with Crippen molar-refractivity contribution in [2.24, 2.45) is 0 Å². The largest absolute Gasteiger partial charge is 0.497 e. The zero-order valence-corrected chi connectivity index (χ0v) is 13.0. The van der Waals surface area contributed by atoms with E-state index >= 15 is 0 Å². The van der Waals surface area contributed by atoms with Gasteiger partial charge in [0.15, 0.2) is 0 Å². The molecule has 0 saturated heterocycles. The molecule has 0 unspecified atom stereocenters. The smallest absolute Gasteiger partial charge is 0.334 e. The van der Waals surface area contributed by atoms with Crippen LogP contribution in [0.15, 0.2) is 41.2 Å². The van der Waals surface area contributed by atoms with Gasteiger partial charge in [0.1, 0.15) is 11.5 Å². The summed E-state index contributed by atoms with van der Waals surface area (Å²) in [6.07, 6.45) is 0.563. The number of benzene rings is 1. The number of aromatic nitrogens is 1. The first-order chi connectivity index (χ1) is 11.0. The van der Waals surface area contributed by atoms with Crippen LogP contribution in [0, 0.1) is 17.0 Å². The van der Waals surface area contributed by atoms with Gasteiger partial charge in [0.25, 0.3) is 0 Å². The Hall–Kier alpha value is -2.83. The monoisotopic (exact) mass is 318 g/mol. The lowest BCUT2D eigenvalue weighted by Crippen LogP contribution is -2.25. The maximum absolute atomic E-state index is 12.0. The predicted octanol–water partition coefficient (Wildman–Crippen LogP) is 2.54. The molecule has 0 aliphatic rings. The van der Waals surface area contributed by atoms with Crippen LogP contribution in [0.4, 0.5) is 5.69 Å². The highest BCUT2D eigenvalue weighted by Crippen LogP contribution is 2.17. The van der Waals surface area contributed by atoms with Gasteiger partial charge in [-0.25, -0.2) is 0 Å². The SMILES string of the molecule is COc1ccc(OCCCn2c(C)ccc([N+](=O)[O-])c2=O)cc1. The zero-order valence-electron chi connectivity index (χ0n) is 13.0. The molecule has 1 aromatic carbocycles. The van der Waals surface area contributed by atoms with Crippen molar-refractivity contribution in [1.29, 1.82) is 0 Å². The van der Waals surface area contributed by atoms with E-state index in [-0.39, 0.29) is 0 Å². The van der Waals surface area contributed by atoms with Gasteiger partial charge in [0, 0.05) is 18.3 Å². The maximum Gasteiger partial charge on any atom is 0.334 e. The zero-order chi connectivity index (χ0) is 16.8. The van der Waals surface area contributed by atoms with E-state index in [0.29, 0.717) is 31.0 Å². The molecule has 7 nitrogen and oxygen atoms in total. The number of ether oxygens (including phenoxy) is 2. The average molecular weight is 318 g/mol. The summed E-state index contributed by atoms with van der Waals surface area (Å²) in [5.74, 6) is 1.45. The Morgan fingerprint density at radius 3 is 2.39 bits per heavy atom. The number of nitrogens with zero attached hydrogens (tertiary/aromatic N) is 2. The van der Waals surface area contributed by atoms with Gasteiger partial charge in [0.2, 0.25) is 0 Å². The third-order valence-electron chi connectivity index (χ3n) is 3.42. The van der Waals surface area contributed by atoms with Gasteiger partial charge in [-0.05, 0) is 43.7 Å². The molecule has 23 heavy (non-hydrogen) atoms. The Kier molecular flexibility index (Phi) is 5.35. The van der Waals surface area contributed by atoms with Crippen molar-refractivity contribution in [2.45, 2.75) is 19.9 Å². The topological polar surface area (TPSA) is 83.6 Å². The van der Waals surface area contributed by atoms with Crippen LogP contribution < -0.4 is 15.0 Å². The molecule has 0 radical (unpaired) electrons. The number of hydrogen-bond donors (Lipinski definition) is 0. The first-order valence-electron chi connectivity index (χ1n) is 7.14. The van der Waals surface area contributed by atoms with Crippen LogP contribution in [0.5, 0.6) is 11.5 Å². The van der Waals surface area contributed by atoms with Gasteiger partial charge >= 0.3 is 11.2 Å². The summed E-state index contributed by atoms with van der Waals surface area (Å²) in [6, 6.07) is 9.99. The molecule has 0 atom stereocenters. The number of nitro groups is 1. The molecule has 1 heterocycles. The molecular formula is C16H18N2O5. The fraction of sp³-hybridized carbons (Fsp3) is 0.312. The summed E-state index contributed by atoms with van der Waals surface area (Å²) in [4.78, 5) is 22.2. The highest BCUT2D eigenvalue weighted by atomic mass is 16.6. The van der Waals surface area contributed by atoms with Gasteiger partial charge in [-0.1, -0.05) is 0 Å². The van der Waals surface area contributed by atoms with E-state index in [1.54, 1.807) is 44.4 Å². The Bertz CT molecular complexity index is 737. The molecule has 2 aromatic rings. The highest BCUT2D eigenvalue weighted by molar-refractivity contribution is 5.31. The first-order valence-corrected chi connectivity index (χ1v) is 7.14. The Morgan fingerprint density at radius 2 is 1.78 bits per heavy atom. The summed E-state index contributed by atoms with van der Waals surface area (Å²) in [5.41, 5.74) is -0.309. The van der Waals surface area contributed by atoms with Crippen LogP contribution >= 0.6 is 0 Å². The van der Waals surface area contributed by atoms with Gasteiger partial charge < -0.3 is 14.0 Å². The van der Waals surface area contributed by atoms with Crippen LogP contribution in [0.25, 0.3) is 0 Å². The van der Waals surface area contributed by atoms with Gasteiger partial charge in [-0.2, -0.15) is 0 Å². The number of pyridine rings is 1. The summed E-state index contributed by atoms with van der Waals surface area (Å²) < 4.78 is 12.0. The van der Waals surface area contributed by atoms with Gasteiger partial charge in [-0.3, -0.25) is 14.9 Å². The lowest BCUT2D eigenvalue weighted by molar-refractivity contribution is -0.386. The van der Waals surface area contributed by atoms with Crippen LogP contribution in [-0.4, -0.2) is 23.2 Å². The quantitative estimate of drug-likeness (QED) is 0.445. The van der Waals surface area contributed by atoms with Gasteiger partial charge in [0.05, 0.1) is 18.6 Å². The second kappa shape index (κ2) is 7.44. The van der Waals surface area contributed by atoms with E-state index < -0.39 is 16.2 Å². The van der Waals surface area contributed by atoms with E-state index in [1.807, 2.05) is 0 Å². The van der Waals surface area contributed by atoms with E-state index in [1.165, 1.54) is 10.6 Å².